The second-order valence-electron chi connectivity index (χ2n) is 5.59. The molecule has 0 heterocycles. The first-order valence-corrected chi connectivity index (χ1v) is 7.77. The average molecular weight is 327 g/mol. The molecule has 0 aliphatic heterocycles. The van der Waals surface area contributed by atoms with Crippen molar-refractivity contribution in [2.45, 2.75) is 26.5 Å². The van der Waals surface area contributed by atoms with Crippen LogP contribution in [0.5, 0.6) is 0 Å². The molecule has 0 spiro atoms. The lowest BCUT2D eigenvalue weighted by molar-refractivity contribution is -0.137. The van der Waals surface area contributed by atoms with Gasteiger partial charge in [0.2, 0.25) is 0 Å². The number of ether oxygens (including phenoxy) is 1. The van der Waals surface area contributed by atoms with Crippen LogP contribution in [0, 0.1) is 6.92 Å². The summed E-state index contributed by atoms with van der Waals surface area (Å²) in [6.07, 6.45) is -0.631. The molecule has 0 aliphatic rings. The molecule has 24 heavy (non-hydrogen) atoms. The van der Waals surface area contributed by atoms with Crippen LogP contribution in [0.25, 0.3) is 0 Å². The summed E-state index contributed by atoms with van der Waals surface area (Å²) >= 11 is 0. The zero-order chi connectivity index (χ0) is 17.4. The van der Waals surface area contributed by atoms with E-state index >= 15 is 0 Å². The summed E-state index contributed by atoms with van der Waals surface area (Å²) in [6.45, 7) is 2.56. The van der Waals surface area contributed by atoms with Crippen LogP contribution in [0.2, 0.25) is 0 Å². The lowest BCUT2D eigenvalue weighted by Gasteiger charge is -2.22. The fourth-order valence-electron chi connectivity index (χ4n) is 2.31. The molecular weight excluding hydrogens is 306 g/mol. The number of carbonyl (C=O) groups excluding carboxylic acids is 1. The molecule has 0 bridgehead atoms. The highest BCUT2D eigenvalue weighted by Crippen LogP contribution is 2.11. The summed E-state index contributed by atoms with van der Waals surface area (Å²) in [5, 5.41) is 8.88. The molecule has 0 aliphatic carbocycles. The first kappa shape index (κ1) is 17.5. The summed E-state index contributed by atoms with van der Waals surface area (Å²) in [5.41, 5.74) is 2.92. The van der Waals surface area contributed by atoms with Crippen molar-refractivity contribution in [1.82, 2.24) is 4.90 Å². The van der Waals surface area contributed by atoms with Crippen LogP contribution in [0.3, 0.4) is 0 Å². The molecule has 0 radical (unpaired) electrons. The molecule has 2 aromatic carbocycles. The summed E-state index contributed by atoms with van der Waals surface area (Å²) in [7, 11) is 0. The number of nitrogens with zero attached hydrogens (tertiary/aromatic N) is 1. The predicted molar refractivity (Wildman–Crippen MR) is 90.5 cm³/mol. The van der Waals surface area contributed by atoms with E-state index < -0.39 is 12.1 Å². The molecule has 0 saturated carbocycles. The van der Waals surface area contributed by atoms with Gasteiger partial charge in [-0.2, -0.15) is 0 Å². The van der Waals surface area contributed by atoms with Crippen LogP contribution in [-0.4, -0.2) is 28.6 Å². The van der Waals surface area contributed by atoms with E-state index in [4.69, 9.17) is 9.84 Å². The standard InChI is InChI=1S/C19H21NO4/c1-15-6-5-9-17(12-15)13-20(11-10-18(21)22)19(23)24-14-16-7-3-2-4-8-16/h2-9,12H,10-11,13-14H2,1H3,(H,21,22). The van der Waals surface area contributed by atoms with E-state index in [9.17, 15) is 9.59 Å². The molecule has 1 N–H and O–H groups in total. The van der Waals surface area contributed by atoms with Gasteiger partial charge >= 0.3 is 12.1 Å². The summed E-state index contributed by atoms with van der Waals surface area (Å²) in [6, 6.07) is 17.1. The van der Waals surface area contributed by atoms with E-state index in [1.54, 1.807) is 0 Å². The normalized spacial score (nSPS) is 10.2. The van der Waals surface area contributed by atoms with E-state index in [1.165, 1.54) is 4.90 Å². The van der Waals surface area contributed by atoms with Gasteiger partial charge in [0.25, 0.3) is 0 Å². The molecule has 2 rings (SSSR count). The second-order valence-corrected chi connectivity index (χ2v) is 5.59. The number of carboxylic acid groups (broad SMARTS) is 1. The monoisotopic (exact) mass is 327 g/mol. The summed E-state index contributed by atoms with van der Waals surface area (Å²) in [4.78, 5) is 24.6. The van der Waals surface area contributed by atoms with E-state index in [-0.39, 0.29) is 19.6 Å². The maximum Gasteiger partial charge on any atom is 0.410 e. The van der Waals surface area contributed by atoms with Crippen molar-refractivity contribution in [2.75, 3.05) is 6.54 Å². The van der Waals surface area contributed by atoms with Crippen molar-refractivity contribution >= 4 is 12.1 Å². The quantitative estimate of drug-likeness (QED) is 0.843. The van der Waals surface area contributed by atoms with E-state index in [1.807, 2.05) is 61.5 Å². The molecule has 2 aromatic rings. The molecular formula is C19H21NO4. The van der Waals surface area contributed by atoms with E-state index in [0.29, 0.717) is 6.54 Å². The Balaban J connectivity index is 2.00. The molecule has 5 heteroatoms. The number of hydrogen-bond acceptors (Lipinski definition) is 3. The van der Waals surface area contributed by atoms with E-state index in [0.717, 1.165) is 16.7 Å². The highest BCUT2D eigenvalue weighted by molar-refractivity contribution is 5.70. The predicted octanol–water partition coefficient (Wildman–Crippen LogP) is 3.61. The molecule has 0 fully saturated rings. The third kappa shape index (κ3) is 5.76. The van der Waals surface area contributed by atoms with Crippen LogP contribution in [0.4, 0.5) is 4.79 Å². The number of hydrogen-bond donors (Lipinski definition) is 1. The van der Waals surface area contributed by atoms with Crippen molar-refractivity contribution in [3.05, 3.63) is 71.3 Å². The van der Waals surface area contributed by atoms with Crippen molar-refractivity contribution < 1.29 is 19.4 Å². The summed E-state index contributed by atoms with van der Waals surface area (Å²) < 4.78 is 5.32. The molecule has 0 saturated heterocycles. The third-order valence-corrected chi connectivity index (χ3v) is 3.51. The number of carbonyl (C=O) groups is 2. The zero-order valence-electron chi connectivity index (χ0n) is 13.6. The lowest BCUT2D eigenvalue weighted by Crippen LogP contribution is -2.33. The number of benzene rings is 2. The minimum Gasteiger partial charge on any atom is -0.481 e. The van der Waals surface area contributed by atoms with Crippen molar-refractivity contribution in [3.8, 4) is 0 Å². The number of aryl methyl sites for hydroxylation is 1. The fourth-order valence-corrected chi connectivity index (χ4v) is 2.31. The van der Waals surface area contributed by atoms with Crippen LogP contribution >= 0.6 is 0 Å². The minimum absolute atomic E-state index is 0.108. The Kier molecular flexibility index (Phi) is 6.37. The van der Waals surface area contributed by atoms with E-state index in [2.05, 4.69) is 0 Å². The third-order valence-electron chi connectivity index (χ3n) is 3.51. The van der Waals surface area contributed by atoms with Crippen LogP contribution in [-0.2, 0) is 22.7 Å². The Hall–Kier alpha value is -2.82. The first-order valence-electron chi connectivity index (χ1n) is 7.77. The molecule has 126 valence electrons. The smallest absolute Gasteiger partial charge is 0.410 e. The van der Waals surface area contributed by atoms with Gasteiger partial charge in [-0.25, -0.2) is 4.79 Å². The number of amides is 1. The fraction of sp³-hybridized carbons (Fsp3) is 0.263. The highest BCUT2D eigenvalue weighted by Gasteiger charge is 2.17. The Labute approximate surface area is 141 Å². The molecule has 1 amide bonds. The Morgan fingerprint density at radius 3 is 2.42 bits per heavy atom. The largest absolute Gasteiger partial charge is 0.481 e. The van der Waals surface area contributed by atoms with Gasteiger partial charge in [0.1, 0.15) is 6.61 Å². The maximum atomic E-state index is 12.3. The van der Waals surface area contributed by atoms with Crippen molar-refractivity contribution in [3.63, 3.8) is 0 Å². The topological polar surface area (TPSA) is 66.8 Å². The van der Waals surface area contributed by atoms with Gasteiger partial charge in [-0.05, 0) is 18.1 Å². The second kappa shape index (κ2) is 8.72. The van der Waals surface area contributed by atoms with Crippen LogP contribution in [0.15, 0.2) is 54.6 Å². The average Bonchev–Trinajstić information content (AvgIpc) is 2.57. The first-order chi connectivity index (χ1) is 11.5. The van der Waals surface area contributed by atoms with Crippen molar-refractivity contribution in [1.29, 1.82) is 0 Å². The van der Waals surface area contributed by atoms with Gasteiger partial charge in [0.15, 0.2) is 0 Å². The molecule has 5 nitrogen and oxygen atoms in total. The number of aliphatic carboxylic acids is 1. The number of carboxylic acids is 1. The number of rotatable bonds is 7. The molecule has 0 unspecified atom stereocenters. The molecule has 0 aromatic heterocycles. The maximum absolute atomic E-state index is 12.3. The zero-order valence-corrected chi connectivity index (χ0v) is 13.6. The van der Waals surface area contributed by atoms with Crippen LogP contribution < -0.4 is 0 Å². The summed E-state index contributed by atoms with van der Waals surface area (Å²) in [5.74, 6) is -0.944. The Bertz CT molecular complexity index is 685. The van der Waals surface area contributed by atoms with Gasteiger partial charge in [-0.3, -0.25) is 4.79 Å². The van der Waals surface area contributed by atoms with Crippen LogP contribution in [0.1, 0.15) is 23.1 Å². The van der Waals surface area contributed by atoms with Gasteiger partial charge in [0.05, 0.1) is 6.42 Å². The Morgan fingerprint density at radius 2 is 1.75 bits per heavy atom. The van der Waals surface area contributed by atoms with Gasteiger partial charge in [-0.1, -0.05) is 60.2 Å². The highest BCUT2D eigenvalue weighted by atomic mass is 16.6. The van der Waals surface area contributed by atoms with Gasteiger partial charge in [0, 0.05) is 13.1 Å². The van der Waals surface area contributed by atoms with Crippen molar-refractivity contribution in [2.24, 2.45) is 0 Å². The lowest BCUT2D eigenvalue weighted by atomic mass is 10.1. The van der Waals surface area contributed by atoms with Gasteiger partial charge in [-0.15, -0.1) is 0 Å². The SMILES string of the molecule is Cc1cccc(CN(CCC(=O)O)C(=O)OCc2ccccc2)c1. The molecule has 0 atom stereocenters. The minimum atomic E-state index is -0.944. The van der Waals surface area contributed by atoms with Gasteiger partial charge < -0.3 is 14.7 Å². The Morgan fingerprint density at radius 1 is 1.04 bits per heavy atom.